The average Bonchev–Trinajstić information content (AvgIpc) is 2.53. The van der Waals surface area contributed by atoms with E-state index in [2.05, 4.69) is 29.8 Å². The van der Waals surface area contributed by atoms with Crippen LogP contribution in [0.3, 0.4) is 0 Å². The smallest absolute Gasteiger partial charge is 0.335 e. The maximum Gasteiger partial charge on any atom is 0.335 e. The van der Waals surface area contributed by atoms with Crippen LogP contribution in [0, 0.1) is 5.41 Å². The quantitative estimate of drug-likeness (QED) is 0.901. The molecule has 1 amide bonds. The molecule has 0 bridgehead atoms. The number of carbonyl (C=O) groups excluding carboxylic acids is 1. The molecule has 1 N–H and O–H groups in total. The molecule has 1 fully saturated rings. The van der Waals surface area contributed by atoms with Crippen molar-refractivity contribution in [2.75, 3.05) is 6.54 Å². The number of amides is 1. The Balaban J connectivity index is 2.14. The molecule has 1 heterocycles. The van der Waals surface area contributed by atoms with Gasteiger partial charge in [-0.25, -0.2) is 4.79 Å². The van der Waals surface area contributed by atoms with Crippen molar-refractivity contribution in [2.45, 2.75) is 39.7 Å². The molecule has 21 heavy (non-hydrogen) atoms. The van der Waals surface area contributed by atoms with Gasteiger partial charge in [-0.2, -0.15) is 0 Å². The monoisotopic (exact) mass is 353 g/mol. The predicted molar refractivity (Wildman–Crippen MR) is 84.2 cm³/mol. The molecule has 0 unspecified atom stereocenters. The lowest BCUT2D eigenvalue weighted by molar-refractivity contribution is -0.131. The molecule has 2 rings (SSSR count). The number of halogens is 1. The molecule has 1 aliphatic heterocycles. The minimum atomic E-state index is -0.949. The number of aromatic carboxylic acids is 1. The second kappa shape index (κ2) is 6.18. The molecule has 1 aromatic carbocycles. The molecule has 0 aromatic heterocycles. The third kappa shape index (κ3) is 4.06. The number of benzene rings is 1. The Kier molecular flexibility index (Phi) is 4.71. The van der Waals surface area contributed by atoms with Crippen LogP contribution < -0.4 is 0 Å². The number of rotatable bonds is 3. The molecule has 5 heteroatoms. The molecular formula is C16H20BrNO3. The lowest BCUT2D eigenvalue weighted by Crippen LogP contribution is -2.30. The van der Waals surface area contributed by atoms with Gasteiger partial charge in [-0.05, 0) is 36.0 Å². The van der Waals surface area contributed by atoms with E-state index in [1.54, 1.807) is 18.2 Å². The molecule has 0 spiro atoms. The summed E-state index contributed by atoms with van der Waals surface area (Å²) in [7, 11) is 0. The van der Waals surface area contributed by atoms with Crippen molar-refractivity contribution in [1.82, 2.24) is 4.90 Å². The number of hydrogen-bond donors (Lipinski definition) is 1. The Morgan fingerprint density at radius 2 is 2.10 bits per heavy atom. The van der Waals surface area contributed by atoms with E-state index in [9.17, 15) is 9.59 Å². The van der Waals surface area contributed by atoms with E-state index < -0.39 is 5.97 Å². The maximum atomic E-state index is 12.2. The summed E-state index contributed by atoms with van der Waals surface area (Å²) in [5, 5.41) is 8.97. The lowest BCUT2D eigenvalue weighted by Gasteiger charge is -2.24. The fourth-order valence-electron chi connectivity index (χ4n) is 2.47. The zero-order valence-corrected chi connectivity index (χ0v) is 13.9. The Bertz CT molecular complexity index is 569. The summed E-state index contributed by atoms with van der Waals surface area (Å²) in [6.07, 6.45) is 2.49. The number of hydrogen-bond acceptors (Lipinski definition) is 2. The van der Waals surface area contributed by atoms with Gasteiger partial charge in [-0.3, -0.25) is 4.79 Å². The highest BCUT2D eigenvalue weighted by molar-refractivity contribution is 9.10. The number of carboxylic acid groups (broad SMARTS) is 1. The molecule has 1 aliphatic rings. The third-order valence-electron chi connectivity index (χ3n) is 4.09. The lowest BCUT2D eigenvalue weighted by atomic mass is 9.85. The van der Waals surface area contributed by atoms with E-state index in [1.165, 1.54) is 0 Å². The van der Waals surface area contributed by atoms with Crippen molar-refractivity contribution in [3.05, 3.63) is 33.8 Å². The molecule has 0 aliphatic carbocycles. The topological polar surface area (TPSA) is 57.6 Å². The summed E-state index contributed by atoms with van der Waals surface area (Å²) < 4.78 is 0.735. The van der Waals surface area contributed by atoms with E-state index in [1.807, 2.05) is 4.90 Å². The first kappa shape index (κ1) is 16.0. The van der Waals surface area contributed by atoms with Gasteiger partial charge in [0.15, 0.2) is 0 Å². The SMILES string of the molecule is CC1(C)CCC(=O)N(Cc2ccc(C(=O)O)cc2Br)CC1. The predicted octanol–water partition coefficient (Wildman–Crippen LogP) is 3.69. The fourth-order valence-corrected chi connectivity index (χ4v) is 2.98. The summed E-state index contributed by atoms with van der Waals surface area (Å²) in [6, 6.07) is 4.94. The van der Waals surface area contributed by atoms with Gasteiger partial charge >= 0.3 is 5.97 Å². The standard InChI is InChI=1S/C16H20BrNO3/c1-16(2)6-5-14(19)18(8-7-16)10-12-4-3-11(15(20)21)9-13(12)17/h3-4,9H,5-8,10H2,1-2H3,(H,20,21). The number of likely N-dealkylation sites (tertiary alicyclic amines) is 1. The van der Waals surface area contributed by atoms with Crippen molar-refractivity contribution in [3.63, 3.8) is 0 Å². The first-order valence-corrected chi connectivity index (χ1v) is 7.87. The second-order valence-corrected chi connectivity index (χ2v) is 7.20. The second-order valence-electron chi connectivity index (χ2n) is 6.34. The van der Waals surface area contributed by atoms with Crippen LogP contribution in [0.5, 0.6) is 0 Å². The van der Waals surface area contributed by atoms with Gasteiger partial charge < -0.3 is 10.0 Å². The number of nitrogens with zero attached hydrogens (tertiary/aromatic N) is 1. The molecule has 0 atom stereocenters. The van der Waals surface area contributed by atoms with Gasteiger partial charge in [-0.1, -0.05) is 35.8 Å². The summed E-state index contributed by atoms with van der Waals surface area (Å²) >= 11 is 3.40. The third-order valence-corrected chi connectivity index (χ3v) is 4.83. The van der Waals surface area contributed by atoms with Crippen LogP contribution in [0.4, 0.5) is 0 Å². The first-order valence-electron chi connectivity index (χ1n) is 7.08. The van der Waals surface area contributed by atoms with Gasteiger partial charge in [0.2, 0.25) is 5.91 Å². The van der Waals surface area contributed by atoms with Crippen LogP contribution in [0.15, 0.2) is 22.7 Å². The number of carboxylic acids is 1. The van der Waals surface area contributed by atoms with Crippen molar-refractivity contribution in [1.29, 1.82) is 0 Å². The summed E-state index contributed by atoms with van der Waals surface area (Å²) in [5.41, 5.74) is 1.39. The van der Waals surface area contributed by atoms with Crippen LogP contribution in [0.25, 0.3) is 0 Å². The van der Waals surface area contributed by atoms with Gasteiger partial charge in [0.25, 0.3) is 0 Å². The Morgan fingerprint density at radius 3 is 2.71 bits per heavy atom. The fraction of sp³-hybridized carbons (Fsp3) is 0.500. The van der Waals surface area contributed by atoms with Crippen molar-refractivity contribution in [2.24, 2.45) is 5.41 Å². The normalized spacial score (nSPS) is 18.4. The van der Waals surface area contributed by atoms with Crippen LogP contribution >= 0.6 is 15.9 Å². The van der Waals surface area contributed by atoms with Crippen LogP contribution in [-0.2, 0) is 11.3 Å². The van der Waals surface area contributed by atoms with Gasteiger partial charge in [0, 0.05) is 24.0 Å². The maximum absolute atomic E-state index is 12.2. The first-order chi connectivity index (χ1) is 9.78. The van der Waals surface area contributed by atoms with Crippen molar-refractivity contribution < 1.29 is 14.7 Å². The van der Waals surface area contributed by atoms with Gasteiger partial charge in [-0.15, -0.1) is 0 Å². The van der Waals surface area contributed by atoms with Crippen LogP contribution in [0.1, 0.15) is 49.0 Å². The minimum absolute atomic E-state index is 0.176. The number of carbonyl (C=O) groups is 2. The largest absolute Gasteiger partial charge is 0.478 e. The van der Waals surface area contributed by atoms with Crippen LogP contribution in [-0.4, -0.2) is 28.4 Å². The summed E-state index contributed by atoms with van der Waals surface area (Å²) in [4.78, 5) is 25.0. The van der Waals surface area contributed by atoms with Crippen LogP contribution in [0.2, 0.25) is 0 Å². The molecular weight excluding hydrogens is 334 g/mol. The Labute approximate surface area is 133 Å². The van der Waals surface area contributed by atoms with Gasteiger partial charge in [0.1, 0.15) is 0 Å². The van der Waals surface area contributed by atoms with Crippen molar-refractivity contribution in [3.8, 4) is 0 Å². The highest BCUT2D eigenvalue weighted by Crippen LogP contribution is 2.31. The Hall–Kier alpha value is -1.36. The van der Waals surface area contributed by atoms with Gasteiger partial charge in [0.05, 0.1) is 5.56 Å². The highest BCUT2D eigenvalue weighted by atomic mass is 79.9. The summed E-state index contributed by atoms with van der Waals surface area (Å²) in [6.45, 7) is 5.66. The molecule has 4 nitrogen and oxygen atoms in total. The van der Waals surface area contributed by atoms with E-state index in [4.69, 9.17) is 5.11 Å². The van der Waals surface area contributed by atoms with E-state index >= 15 is 0 Å². The van der Waals surface area contributed by atoms with E-state index in [-0.39, 0.29) is 16.9 Å². The Morgan fingerprint density at radius 1 is 1.38 bits per heavy atom. The average molecular weight is 354 g/mol. The zero-order valence-electron chi connectivity index (χ0n) is 12.4. The van der Waals surface area contributed by atoms with Crippen molar-refractivity contribution >= 4 is 27.8 Å². The highest BCUT2D eigenvalue weighted by Gasteiger charge is 2.27. The summed E-state index contributed by atoms with van der Waals surface area (Å²) in [5.74, 6) is -0.773. The molecule has 1 saturated heterocycles. The van der Waals surface area contributed by atoms with E-state index in [0.717, 1.165) is 29.4 Å². The van der Waals surface area contributed by atoms with E-state index in [0.29, 0.717) is 13.0 Å². The minimum Gasteiger partial charge on any atom is -0.478 e. The molecule has 114 valence electrons. The molecule has 1 aromatic rings. The zero-order chi connectivity index (χ0) is 15.6. The molecule has 0 radical (unpaired) electrons. The molecule has 0 saturated carbocycles.